The Morgan fingerprint density at radius 3 is 2.72 bits per heavy atom. The molecule has 0 aliphatic heterocycles. The summed E-state index contributed by atoms with van der Waals surface area (Å²) in [5.74, 6) is 2.28. The average molecular weight is 395 g/mol. The number of hydrogen-bond acceptors (Lipinski definition) is 6. The van der Waals surface area contributed by atoms with E-state index in [0.29, 0.717) is 55.6 Å². The van der Waals surface area contributed by atoms with Gasteiger partial charge in [0.05, 0.1) is 13.7 Å². The van der Waals surface area contributed by atoms with E-state index in [2.05, 4.69) is 15.5 Å². The summed E-state index contributed by atoms with van der Waals surface area (Å²) < 4.78 is 16.2. The number of rotatable bonds is 10. The molecule has 7 nitrogen and oxygen atoms in total. The molecule has 152 valence electrons. The Bertz CT molecular complexity index is 925. The SMILES string of the molecule is CCOc1cc(-c2noc(CCCC(=O)NCc3ccccc3)n2)ccc1OC. The van der Waals surface area contributed by atoms with Crippen LogP contribution in [0.5, 0.6) is 11.5 Å². The second kappa shape index (κ2) is 10.3. The lowest BCUT2D eigenvalue weighted by Gasteiger charge is -2.09. The number of nitrogens with zero attached hydrogens (tertiary/aromatic N) is 2. The van der Waals surface area contributed by atoms with E-state index < -0.39 is 0 Å². The van der Waals surface area contributed by atoms with Crippen molar-refractivity contribution in [2.75, 3.05) is 13.7 Å². The van der Waals surface area contributed by atoms with Crippen LogP contribution in [0.15, 0.2) is 53.1 Å². The number of ether oxygens (including phenoxy) is 2. The maximum Gasteiger partial charge on any atom is 0.226 e. The van der Waals surface area contributed by atoms with Crippen LogP contribution in [0, 0.1) is 0 Å². The Morgan fingerprint density at radius 1 is 1.14 bits per heavy atom. The van der Waals surface area contributed by atoms with Crippen molar-refractivity contribution in [3.63, 3.8) is 0 Å². The van der Waals surface area contributed by atoms with Gasteiger partial charge in [0.15, 0.2) is 11.5 Å². The van der Waals surface area contributed by atoms with Gasteiger partial charge in [0.2, 0.25) is 17.6 Å². The second-order valence-corrected chi connectivity index (χ2v) is 6.43. The zero-order valence-electron chi connectivity index (χ0n) is 16.7. The van der Waals surface area contributed by atoms with E-state index in [1.165, 1.54) is 0 Å². The Morgan fingerprint density at radius 2 is 1.97 bits per heavy atom. The highest BCUT2D eigenvalue weighted by molar-refractivity contribution is 5.75. The van der Waals surface area contributed by atoms with E-state index in [0.717, 1.165) is 11.1 Å². The fourth-order valence-electron chi connectivity index (χ4n) is 2.84. The molecule has 1 heterocycles. The molecule has 0 saturated heterocycles. The Labute approximate surface area is 170 Å². The lowest BCUT2D eigenvalue weighted by molar-refractivity contribution is -0.121. The van der Waals surface area contributed by atoms with Crippen molar-refractivity contribution in [3.05, 3.63) is 60.0 Å². The quantitative estimate of drug-likeness (QED) is 0.562. The molecule has 0 aliphatic rings. The topological polar surface area (TPSA) is 86.5 Å². The predicted octanol–water partition coefficient (Wildman–Crippen LogP) is 3.78. The Kier molecular flexibility index (Phi) is 7.22. The molecule has 0 radical (unpaired) electrons. The lowest BCUT2D eigenvalue weighted by atomic mass is 10.2. The molecule has 29 heavy (non-hydrogen) atoms. The second-order valence-electron chi connectivity index (χ2n) is 6.43. The molecule has 2 aromatic carbocycles. The summed E-state index contributed by atoms with van der Waals surface area (Å²) in [6.07, 6.45) is 1.58. The van der Waals surface area contributed by atoms with E-state index in [4.69, 9.17) is 14.0 Å². The molecule has 0 saturated carbocycles. The molecule has 0 fully saturated rings. The largest absolute Gasteiger partial charge is 0.493 e. The molecule has 0 bridgehead atoms. The summed E-state index contributed by atoms with van der Waals surface area (Å²) in [5, 5.41) is 6.95. The molecule has 0 aliphatic carbocycles. The number of benzene rings is 2. The molecular formula is C22H25N3O4. The summed E-state index contributed by atoms with van der Waals surface area (Å²) in [7, 11) is 1.60. The van der Waals surface area contributed by atoms with E-state index >= 15 is 0 Å². The van der Waals surface area contributed by atoms with Crippen LogP contribution < -0.4 is 14.8 Å². The molecule has 0 atom stereocenters. The van der Waals surface area contributed by atoms with Crippen LogP contribution in [-0.4, -0.2) is 29.8 Å². The smallest absolute Gasteiger partial charge is 0.226 e. The molecule has 1 amide bonds. The number of carbonyl (C=O) groups excluding carboxylic acids is 1. The molecule has 7 heteroatoms. The molecule has 3 rings (SSSR count). The third-order valence-electron chi connectivity index (χ3n) is 4.32. The minimum absolute atomic E-state index is 0.00472. The number of hydrogen-bond donors (Lipinski definition) is 1. The van der Waals surface area contributed by atoms with Crippen LogP contribution in [0.2, 0.25) is 0 Å². The first-order chi connectivity index (χ1) is 14.2. The van der Waals surface area contributed by atoms with Gasteiger partial charge in [-0.1, -0.05) is 35.5 Å². The molecule has 3 aromatic rings. The van der Waals surface area contributed by atoms with Gasteiger partial charge in [-0.05, 0) is 37.1 Å². The summed E-state index contributed by atoms with van der Waals surface area (Å²) in [4.78, 5) is 16.4. The number of methoxy groups -OCH3 is 1. The van der Waals surface area contributed by atoms with Gasteiger partial charge in [0.1, 0.15) is 0 Å². The fraction of sp³-hybridized carbons (Fsp3) is 0.318. The fourth-order valence-corrected chi connectivity index (χ4v) is 2.84. The molecule has 1 N–H and O–H groups in total. The first-order valence-corrected chi connectivity index (χ1v) is 9.64. The third-order valence-corrected chi connectivity index (χ3v) is 4.32. The predicted molar refractivity (Wildman–Crippen MR) is 109 cm³/mol. The van der Waals surface area contributed by atoms with Gasteiger partial charge >= 0.3 is 0 Å². The number of amides is 1. The minimum atomic E-state index is 0.00472. The van der Waals surface area contributed by atoms with Crippen LogP contribution in [0.1, 0.15) is 31.2 Å². The number of carbonyl (C=O) groups is 1. The van der Waals surface area contributed by atoms with E-state index in [1.54, 1.807) is 7.11 Å². The summed E-state index contributed by atoms with van der Waals surface area (Å²) in [6.45, 7) is 2.97. The summed E-state index contributed by atoms with van der Waals surface area (Å²) in [6, 6.07) is 15.3. The van der Waals surface area contributed by atoms with E-state index in [1.807, 2.05) is 55.5 Å². The summed E-state index contributed by atoms with van der Waals surface area (Å²) >= 11 is 0. The van der Waals surface area contributed by atoms with Crippen molar-refractivity contribution in [1.29, 1.82) is 0 Å². The van der Waals surface area contributed by atoms with Gasteiger partial charge in [0.25, 0.3) is 0 Å². The van der Waals surface area contributed by atoms with Crippen LogP contribution in [0.25, 0.3) is 11.4 Å². The van der Waals surface area contributed by atoms with Gasteiger partial charge in [-0.2, -0.15) is 4.98 Å². The maximum absolute atomic E-state index is 12.0. The van der Waals surface area contributed by atoms with Crippen LogP contribution >= 0.6 is 0 Å². The minimum Gasteiger partial charge on any atom is -0.493 e. The average Bonchev–Trinajstić information content (AvgIpc) is 3.22. The van der Waals surface area contributed by atoms with E-state index in [9.17, 15) is 4.79 Å². The first kappa shape index (κ1) is 20.4. The lowest BCUT2D eigenvalue weighted by Crippen LogP contribution is -2.22. The molecular weight excluding hydrogens is 370 g/mol. The third kappa shape index (κ3) is 5.81. The van der Waals surface area contributed by atoms with Crippen molar-refractivity contribution in [2.24, 2.45) is 0 Å². The van der Waals surface area contributed by atoms with Crippen molar-refractivity contribution >= 4 is 5.91 Å². The highest BCUT2D eigenvalue weighted by Gasteiger charge is 2.13. The molecule has 0 spiro atoms. The normalized spacial score (nSPS) is 10.6. The van der Waals surface area contributed by atoms with Gasteiger partial charge in [-0.15, -0.1) is 0 Å². The van der Waals surface area contributed by atoms with Crippen LogP contribution in [0.3, 0.4) is 0 Å². The van der Waals surface area contributed by atoms with Gasteiger partial charge in [-0.25, -0.2) is 0 Å². The Balaban J connectivity index is 1.50. The van der Waals surface area contributed by atoms with E-state index in [-0.39, 0.29) is 5.91 Å². The maximum atomic E-state index is 12.0. The van der Waals surface area contributed by atoms with Gasteiger partial charge in [-0.3, -0.25) is 4.79 Å². The zero-order chi connectivity index (χ0) is 20.5. The molecule has 1 aromatic heterocycles. The van der Waals surface area contributed by atoms with Crippen LogP contribution in [0.4, 0.5) is 0 Å². The Hall–Kier alpha value is -3.35. The molecule has 0 unspecified atom stereocenters. The van der Waals surface area contributed by atoms with Crippen molar-refractivity contribution in [3.8, 4) is 22.9 Å². The van der Waals surface area contributed by atoms with Crippen molar-refractivity contribution < 1.29 is 18.8 Å². The van der Waals surface area contributed by atoms with Crippen molar-refractivity contribution in [2.45, 2.75) is 32.7 Å². The highest BCUT2D eigenvalue weighted by Crippen LogP contribution is 2.31. The number of aryl methyl sites for hydroxylation is 1. The number of nitrogens with one attached hydrogen (secondary N) is 1. The highest BCUT2D eigenvalue weighted by atomic mass is 16.5. The standard InChI is InChI=1S/C22H25N3O4/c1-3-28-19-14-17(12-13-18(19)27-2)22-24-21(29-25-22)11-7-10-20(26)23-15-16-8-5-4-6-9-16/h4-6,8-9,12-14H,3,7,10-11,15H2,1-2H3,(H,23,26). The first-order valence-electron chi connectivity index (χ1n) is 9.64. The summed E-state index contributed by atoms with van der Waals surface area (Å²) in [5.41, 5.74) is 1.86. The van der Waals surface area contributed by atoms with Gasteiger partial charge in [0, 0.05) is 24.9 Å². The monoisotopic (exact) mass is 395 g/mol. The number of aromatic nitrogens is 2. The van der Waals surface area contributed by atoms with Gasteiger partial charge < -0.3 is 19.3 Å². The zero-order valence-corrected chi connectivity index (χ0v) is 16.7. The van der Waals surface area contributed by atoms with Crippen LogP contribution in [-0.2, 0) is 17.8 Å². The van der Waals surface area contributed by atoms with Crippen molar-refractivity contribution in [1.82, 2.24) is 15.5 Å².